The number of nitrogens with zero attached hydrogens (tertiary/aromatic N) is 3. The number of nitrogens with one attached hydrogen (secondary N) is 2. The van der Waals surface area contributed by atoms with Gasteiger partial charge in [0.25, 0.3) is 0 Å². The molecule has 3 heterocycles. The maximum atomic E-state index is 13.5. The lowest BCUT2D eigenvalue weighted by Crippen LogP contribution is -2.26. The van der Waals surface area contributed by atoms with Crippen molar-refractivity contribution in [2.45, 2.75) is 37.8 Å². The number of rotatable bonds is 7. The predicted octanol–water partition coefficient (Wildman–Crippen LogP) is 3.99. The van der Waals surface area contributed by atoms with E-state index in [1.165, 1.54) is 23.9 Å². The van der Waals surface area contributed by atoms with Crippen LogP contribution in [0.15, 0.2) is 48.8 Å². The molecule has 0 spiro atoms. The molecule has 2 aromatic heterocycles. The first-order valence-corrected chi connectivity index (χ1v) is 11.0. The van der Waals surface area contributed by atoms with Gasteiger partial charge in [-0.05, 0) is 74.5 Å². The zero-order valence-electron chi connectivity index (χ0n) is 18.4. The average molecular weight is 470 g/mol. The van der Waals surface area contributed by atoms with Crippen LogP contribution in [0.2, 0.25) is 0 Å². The maximum Gasteiger partial charge on any atom is 0.419 e. The van der Waals surface area contributed by atoms with Crippen LogP contribution in [0.5, 0.6) is 0 Å². The summed E-state index contributed by atoms with van der Waals surface area (Å²) in [5.41, 5.74) is 6.86. The fraction of sp³-hybridized carbons (Fsp3) is 0.333. The number of primary amides is 1. The lowest BCUT2D eigenvalue weighted by atomic mass is 9.90. The molecule has 0 saturated carbocycles. The van der Waals surface area contributed by atoms with E-state index in [2.05, 4.69) is 25.6 Å². The third-order valence-electron chi connectivity index (χ3n) is 5.87. The van der Waals surface area contributed by atoms with E-state index in [1.54, 1.807) is 0 Å². The van der Waals surface area contributed by atoms with Crippen molar-refractivity contribution in [1.29, 1.82) is 0 Å². The van der Waals surface area contributed by atoms with Crippen molar-refractivity contribution in [3.63, 3.8) is 0 Å². The molecule has 10 heteroatoms. The fourth-order valence-corrected chi connectivity index (χ4v) is 4.04. The van der Waals surface area contributed by atoms with E-state index >= 15 is 0 Å². The molecule has 178 valence electrons. The largest absolute Gasteiger partial charge is 0.419 e. The Labute approximate surface area is 195 Å². The van der Waals surface area contributed by atoms with Gasteiger partial charge in [0.05, 0.1) is 11.3 Å². The molecule has 1 amide bonds. The predicted molar refractivity (Wildman–Crippen MR) is 122 cm³/mol. The zero-order valence-corrected chi connectivity index (χ0v) is 18.4. The van der Waals surface area contributed by atoms with E-state index in [0.717, 1.165) is 32.1 Å². The molecule has 1 saturated heterocycles. The topological polar surface area (TPSA) is 106 Å². The smallest absolute Gasteiger partial charge is 0.366 e. The van der Waals surface area contributed by atoms with Gasteiger partial charge in [0, 0.05) is 29.3 Å². The number of aryl methyl sites for hydroxylation is 2. The van der Waals surface area contributed by atoms with Gasteiger partial charge in [-0.3, -0.25) is 9.78 Å². The van der Waals surface area contributed by atoms with Gasteiger partial charge in [0.1, 0.15) is 0 Å². The molecule has 1 aliphatic rings. The second-order valence-corrected chi connectivity index (χ2v) is 8.22. The van der Waals surface area contributed by atoms with E-state index in [-0.39, 0.29) is 30.0 Å². The standard InChI is InChI=1S/C24H25F3N6O/c25-24(26,27)20-14-31-23(32-18-3-1-15(2-4-18)16-7-10-29-11-8-16)33-21(20)6-5-19-13-17(22(28)34)9-12-30-19/h1-4,9,12-14,16,29H,5-8,10-11H2,(H2,28,34)(H,31,32,33). The van der Waals surface area contributed by atoms with Crippen LogP contribution in [-0.4, -0.2) is 33.9 Å². The molecule has 0 radical (unpaired) electrons. The molecule has 0 bridgehead atoms. The molecule has 0 aliphatic carbocycles. The molecule has 7 nitrogen and oxygen atoms in total. The highest BCUT2D eigenvalue weighted by atomic mass is 19.4. The number of anilines is 2. The number of piperidine rings is 1. The van der Waals surface area contributed by atoms with Crippen molar-refractivity contribution in [3.8, 4) is 0 Å². The number of aromatic nitrogens is 3. The Morgan fingerprint density at radius 1 is 1.09 bits per heavy atom. The van der Waals surface area contributed by atoms with Crippen LogP contribution in [0, 0.1) is 0 Å². The number of carbonyl (C=O) groups is 1. The average Bonchev–Trinajstić information content (AvgIpc) is 2.83. The van der Waals surface area contributed by atoms with Crippen LogP contribution < -0.4 is 16.4 Å². The quantitative estimate of drug-likeness (QED) is 0.482. The molecule has 1 aromatic carbocycles. The molecule has 0 unspecified atom stereocenters. The minimum atomic E-state index is -4.59. The molecule has 34 heavy (non-hydrogen) atoms. The Hall–Kier alpha value is -3.53. The number of pyridine rings is 1. The van der Waals surface area contributed by atoms with E-state index in [4.69, 9.17) is 5.73 Å². The van der Waals surface area contributed by atoms with Crippen LogP contribution in [0.3, 0.4) is 0 Å². The van der Waals surface area contributed by atoms with Gasteiger partial charge in [-0.25, -0.2) is 9.97 Å². The van der Waals surface area contributed by atoms with Crippen LogP contribution >= 0.6 is 0 Å². The summed E-state index contributed by atoms with van der Waals surface area (Å²) < 4.78 is 40.6. The number of alkyl halides is 3. The van der Waals surface area contributed by atoms with E-state index in [9.17, 15) is 18.0 Å². The fourth-order valence-electron chi connectivity index (χ4n) is 4.04. The van der Waals surface area contributed by atoms with Gasteiger partial charge < -0.3 is 16.4 Å². The maximum absolute atomic E-state index is 13.5. The Morgan fingerprint density at radius 3 is 2.50 bits per heavy atom. The SMILES string of the molecule is NC(=O)c1ccnc(CCc2nc(Nc3ccc(C4CCNCC4)cc3)ncc2C(F)(F)F)c1. The number of halogens is 3. The Balaban J connectivity index is 1.51. The summed E-state index contributed by atoms with van der Waals surface area (Å²) in [6.45, 7) is 1.99. The van der Waals surface area contributed by atoms with Crippen molar-refractivity contribution in [2.24, 2.45) is 5.73 Å². The molecule has 3 aromatic rings. The van der Waals surface area contributed by atoms with E-state index in [1.807, 2.05) is 24.3 Å². The Kier molecular flexibility index (Phi) is 7.06. The van der Waals surface area contributed by atoms with Crippen LogP contribution in [0.1, 0.15) is 51.6 Å². The highest BCUT2D eigenvalue weighted by molar-refractivity contribution is 5.92. The third kappa shape index (κ3) is 5.88. The number of hydrogen-bond donors (Lipinski definition) is 3. The highest BCUT2D eigenvalue weighted by Crippen LogP contribution is 2.32. The zero-order chi connectivity index (χ0) is 24.1. The van der Waals surface area contributed by atoms with Crippen LogP contribution in [0.25, 0.3) is 0 Å². The van der Waals surface area contributed by atoms with Crippen molar-refractivity contribution in [3.05, 3.63) is 76.9 Å². The van der Waals surface area contributed by atoms with Crippen molar-refractivity contribution in [1.82, 2.24) is 20.3 Å². The lowest BCUT2D eigenvalue weighted by molar-refractivity contribution is -0.138. The van der Waals surface area contributed by atoms with Gasteiger partial charge in [0.15, 0.2) is 0 Å². The van der Waals surface area contributed by atoms with Crippen LogP contribution in [0.4, 0.5) is 24.8 Å². The molecule has 4 N–H and O–H groups in total. The van der Waals surface area contributed by atoms with Crippen molar-refractivity contribution < 1.29 is 18.0 Å². The lowest BCUT2D eigenvalue weighted by Gasteiger charge is -2.23. The minimum absolute atomic E-state index is 0.0318. The summed E-state index contributed by atoms with van der Waals surface area (Å²) >= 11 is 0. The van der Waals surface area contributed by atoms with Gasteiger partial charge >= 0.3 is 6.18 Å². The minimum Gasteiger partial charge on any atom is -0.366 e. The first-order chi connectivity index (χ1) is 16.3. The van der Waals surface area contributed by atoms with Gasteiger partial charge in [-0.1, -0.05) is 12.1 Å². The molecule has 1 aliphatic heterocycles. The number of carbonyl (C=O) groups excluding carboxylic acids is 1. The van der Waals surface area contributed by atoms with E-state index in [0.29, 0.717) is 17.3 Å². The summed E-state index contributed by atoms with van der Waals surface area (Å²) in [5.74, 6) is -0.0401. The highest BCUT2D eigenvalue weighted by Gasteiger charge is 2.34. The summed E-state index contributed by atoms with van der Waals surface area (Å²) in [6.07, 6.45) is -0.110. The number of hydrogen-bond acceptors (Lipinski definition) is 6. The second kappa shape index (κ2) is 10.2. The third-order valence-corrected chi connectivity index (χ3v) is 5.87. The molecule has 1 fully saturated rings. The van der Waals surface area contributed by atoms with E-state index < -0.39 is 17.6 Å². The molecular weight excluding hydrogens is 445 g/mol. The molecule has 4 rings (SSSR count). The van der Waals surface area contributed by atoms with Crippen molar-refractivity contribution in [2.75, 3.05) is 18.4 Å². The second-order valence-electron chi connectivity index (χ2n) is 8.22. The van der Waals surface area contributed by atoms with Crippen molar-refractivity contribution >= 4 is 17.5 Å². The summed E-state index contributed by atoms with van der Waals surface area (Å²) in [6, 6.07) is 10.8. The molecular formula is C24H25F3N6O. The summed E-state index contributed by atoms with van der Waals surface area (Å²) in [5, 5.41) is 6.34. The Morgan fingerprint density at radius 2 is 1.82 bits per heavy atom. The summed E-state index contributed by atoms with van der Waals surface area (Å²) in [7, 11) is 0. The Bertz CT molecular complexity index is 1140. The van der Waals surface area contributed by atoms with Crippen LogP contribution in [-0.2, 0) is 19.0 Å². The van der Waals surface area contributed by atoms with Gasteiger partial charge in [-0.15, -0.1) is 0 Å². The number of nitrogens with two attached hydrogens (primary N) is 1. The first kappa shape index (κ1) is 23.6. The summed E-state index contributed by atoms with van der Waals surface area (Å²) in [4.78, 5) is 23.5. The monoisotopic (exact) mass is 470 g/mol. The number of benzene rings is 1. The van der Waals surface area contributed by atoms with Gasteiger partial charge in [0.2, 0.25) is 11.9 Å². The normalized spacial score (nSPS) is 14.7. The number of amides is 1. The molecule has 0 atom stereocenters. The first-order valence-electron chi connectivity index (χ1n) is 11.0. The van der Waals surface area contributed by atoms with Gasteiger partial charge in [-0.2, -0.15) is 13.2 Å².